The molecule has 1 aliphatic carbocycles. The Kier molecular flexibility index (Phi) is 3.83. The summed E-state index contributed by atoms with van der Waals surface area (Å²) in [6.07, 6.45) is 2.88. The minimum absolute atomic E-state index is 0.0981. The fraction of sp³-hybridized carbons (Fsp3) is 0.174. The van der Waals surface area contributed by atoms with Crippen molar-refractivity contribution in [2.75, 3.05) is 0 Å². The van der Waals surface area contributed by atoms with Gasteiger partial charge in [-0.15, -0.1) is 0 Å². The highest BCUT2D eigenvalue weighted by atomic mass is 19.1. The Bertz CT molecular complexity index is 1200. The molecule has 0 N–H and O–H groups in total. The van der Waals surface area contributed by atoms with Crippen molar-refractivity contribution in [3.05, 3.63) is 89.1 Å². The number of aromatic nitrogens is 3. The van der Waals surface area contributed by atoms with Crippen LogP contribution in [-0.2, 0) is 6.42 Å². The molecule has 5 rings (SSSR count). The maximum Gasteiger partial charge on any atom is 0.166 e. The molecule has 5 heteroatoms. The van der Waals surface area contributed by atoms with Crippen LogP contribution in [0, 0.1) is 12.7 Å². The molecule has 0 spiro atoms. The number of hydrogen-bond donors (Lipinski definition) is 0. The van der Waals surface area contributed by atoms with Crippen LogP contribution in [0.4, 0.5) is 4.39 Å². The smallest absolute Gasteiger partial charge is 0.166 e. The van der Waals surface area contributed by atoms with Crippen molar-refractivity contribution in [3.63, 3.8) is 0 Å². The summed E-state index contributed by atoms with van der Waals surface area (Å²) in [4.78, 5) is 17.3. The van der Waals surface area contributed by atoms with Gasteiger partial charge in [-0.25, -0.2) is 13.9 Å². The molecule has 28 heavy (non-hydrogen) atoms. The molecule has 0 bridgehead atoms. The number of nitrogens with zero attached hydrogens (tertiary/aromatic N) is 3. The second kappa shape index (κ2) is 6.37. The monoisotopic (exact) mass is 371 g/mol. The van der Waals surface area contributed by atoms with Crippen molar-refractivity contribution in [1.29, 1.82) is 0 Å². The average molecular weight is 371 g/mol. The predicted molar refractivity (Wildman–Crippen MR) is 105 cm³/mol. The van der Waals surface area contributed by atoms with E-state index in [2.05, 4.69) is 17.1 Å². The van der Waals surface area contributed by atoms with Crippen LogP contribution in [0.1, 0.15) is 39.6 Å². The van der Waals surface area contributed by atoms with Gasteiger partial charge in [0.25, 0.3) is 0 Å². The van der Waals surface area contributed by atoms with Gasteiger partial charge in [-0.3, -0.25) is 4.79 Å². The van der Waals surface area contributed by atoms with E-state index in [4.69, 9.17) is 5.10 Å². The van der Waals surface area contributed by atoms with Crippen molar-refractivity contribution >= 4 is 11.4 Å². The second-order valence-corrected chi connectivity index (χ2v) is 7.26. The van der Waals surface area contributed by atoms with E-state index < -0.39 is 0 Å². The molecule has 0 saturated heterocycles. The van der Waals surface area contributed by atoms with Gasteiger partial charge in [-0.2, -0.15) is 5.10 Å². The number of carbonyl (C=O) groups excluding carboxylic acids is 1. The first-order valence-electron chi connectivity index (χ1n) is 9.33. The fourth-order valence-electron chi connectivity index (χ4n) is 4.12. The van der Waals surface area contributed by atoms with Crippen molar-refractivity contribution in [3.8, 4) is 11.1 Å². The molecule has 0 saturated carbocycles. The summed E-state index contributed by atoms with van der Waals surface area (Å²) < 4.78 is 15.1. The molecular formula is C23H18FN3O. The molecule has 4 nitrogen and oxygen atoms in total. The summed E-state index contributed by atoms with van der Waals surface area (Å²) in [5.41, 5.74) is 5.94. The van der Waals surface area contributed by atoms with Crippen LogP contribution in [-0.4, -0.2) is 20.4 Å². The maximum atomic E-state index is 13.3. The molecule has 2 heterocycles. The van der Waals surface area contributed by atoms with Gasteiger partial charge in [-0.05, 0) is 42.5 Å². The van der Waals surface area contributed by atoms with Crippen LogP contribution in [0.5, 0.6) is 0 Å². The molecule has 2 aromatic heterocycles. The molecule has 0 fully saturated rings. The minimum Gasteiger partial charge on any atom is -0.294 e. The Hall–Kier alpha value is -3.34. The highest BCUT2D eigenvalue weighted by molar-refractivity contribution is 5.99. The zero-order valence-corrected chi connectivity index (χ0v) is 15.4. The Morgan fingerprint density at radius 2 is 1.79 bits per heavy atom. The van der Waals surface area contributed by atoms with Gasteiger partial charge in [0.15, 0.2) is 11.4 Å². The molecule has 0 unspecified atom stereocenters. The lowest BCUT2D eigenvalue weighted by Gasteiger charge is -2.24. The molecule has 0 amide bonds. The average Bonchev–Trinajstić information content (AvgIpc) is 3.05. The van der Waals surface area contributed by atoms with Crippen LogP contribution < -0.4 is 0 Å². The Morgan fingerprint density at radius 3 is 2.54 bits per heavy atom. The second-order valence-electron chi connectivity index (χ2n) is 7.26. The molecule has 138 valence electrons. The Labute approximate surface area is 161 Å². The first-order chi connectivity index (χ1) is 13.6. The zero-order valence-electron chi connectivity index (χ0n) is 15.4. The number of hydrogen-bond acceptors (Lipinski definition) is 3. The summed E-state index contributed by atoms with van der Waals surface area (Å²) in [5.74, 6) is -0.0499. The number of ketones is 1. The number of Topliss-reactive ketones (excluding diaryl/α,β-unsaturated/α-hetero) is 1. The first-order valence-corrected chi connectivity index (χ1v) is 9.33. The van der Waals surface area contributed by atoms with Crippen LogP contribution >= 0.6 is 0 Å². The lowest BCUT2D eigenvalue weighted by molar-refractivity contribution is 0.0962. The lowest BCUT2D eigenvalue weighted by Crippen LogP contribution is -2.22. The summed E-state index contributed by atoms with van der Waals surface area (Å²) in [7, 11) is 0. The molecule has 1 aliphatic rings. The minimum atomic E-state index is -0.278. The van der Waals surface area contributed by atoms with Crippen molar-refractivity contribution in [2.24, 2.45) is 0 Å². The highest BCUT2D eigenvalue weighted by Crippen LogP contribution is 2.35. The van der Waals surface area contributed by atoms with Gasteiger partial charge in [0.2, 0.25) is 0 Å². The van der Waals surface area contributed by atoms with Gasteiger partial charge in [0.05, 0.1) is 17.0 Å². The summed E-state index contributed by atoms with van der Waals surface area (Å²) in [6, 6.07) is 16.5. The van der Waals surface area contributed by atoms with E-state index >= 15 is 0 Å². The number of fused-ring (bicyclic) bond motifs is 3. The molecule has 4 aromatic rings. The summed E-state index contributed by atoms with van der Waals surface area (Å²) in [5, 5.41) is 4.70. The lowest BCUT2D eigenvalue weighted by atomic mass is 9.82. The SMILES string of the molecule is Cc1nn2c3c(cnc2c1-c1ccc(F)cc1)C(=O)C[C@@H](c1ccccc1)C3. The number of aryl methyl sites for hydroxylation is 1. The van der Waals surface area contributed by atoms with E-state index in [1.807, 2.05) is 25.1 Å². The fourth-order valence-corrected chi connectivity index (χ4v) is 4.12. The normalized spacial score (nSPS) is 16.4. The van der Waals surface area contributed by atoms with Gasteiger partial charge >= 0.3 is 0 Å². The highest BCUT2D eigenvalue weighted by Gasteiger charge is 2.30. The van der Waals surface area contributed by atoms with Crippen LogP contribution in [0.25, 0.3) is 16.8 Å². The van der Waals surface area contributed by atoms with Crippen molar-refractivity contribution in [2.45, 2.75) is 25.7 Å². The number of benzene rings is 2. The topological polar surface area (TPSA) is 47.3 Å². The Morgan fingerprint density at radius 1 is 1.04 bits per heavy atom. The number of rotatable bonds is 2. The van der Waals surface area contributed by atoms with Gasteiger partial charge in [0, 0.05) is 18.2 Å². The van der Waals surface area contributed by atoms with E-state index in [0.29, 0.717) is 17.6 Å². The van der Waals surface area contributed by atoms with Crippen LogP contribution in [0.15, 0.2) is 60.8 Å². The van der Waals surface area contributed by atoms with Crippen molar-refractivity contribution in [1.82, 2.24) is 14.6 Å². The van der Waals surface area contributed by atoms with E-state index in [1.54, 1.807) is 22.8 Å². The van der Waals surface area contributed by atoms with E-state index in [-0.39, 0.29) is 17.5 Å². The van der Waals surface area contributed by atoms with Gasteiger partial charge in [-0.1, -0.05) is 42.5 Å². The number of carbonyl (C=O) groups is 1. The Balaban J connectivity index is 1.67. The van der Waals surface area contributed by atoms with E-state index in [9.17, 15) is 9.18 Å². The molecule has 0 aliphatic heterocycles. The third-order valence-corrected chi connectivity index (χ3v) is 5.49. The quantitative estimate of drug-likeness (QED) is 0.511. The predicted octanol–water partition coefficient (Wildman–Crippen LogP) is 4.76. The largest absolute Gasteiger partial charge is 0.294 e. The third kappa shape index (κ3) is 2.62. The van der Waals surface area contributed by atoms with Gasteiger partial charge < -0.3 is 0 Å². The third-order valence-electron chi connectivity index (χ3n) is 5.49. The van der Waals surface area contributed by atoms with Crippen LogP contribution in [0.2, 0.25) is 0 Å². The standard InChI is InChI=1S/C23H18FN3O/c1-14-22(16-7-9-18(24)10-8-16)23-25-13-19-20(27(23)26-14)11-17(12-21(19)28)15-5-3-2-4-6-15/h2-10,13,17H,11-12H2,1H3/t17-/m0/s1. The molecule has 1 atom stereocenters. The van der Waals surface area contributed by atoms with Gasteiger partial charge in [0.1, 0.15) is 5.82 Å². The molecule has 2 aromatic carbocycles. The van der Waals surface area contributed by atoms with Crippen LogP contribution in [0.3, 0.4) is 0 Å². The number of halogens is 1. The summed E-state index contributed by atoms with van der Waals surface area (Å²) >= 11 is 0. The maximum absolute atomic E-state index is 13.3. The molecular weight excluding hydrogens is 353 g/mol. The van der Waals surface area contributed by atoms with E-state index in [0.717, 1.165) is 34.5 Å². The van der Waals surface area contributed by atoms with E-state index in [1.165, 1.54) is 12.1 Å². The summed E-state index contributed by atoms with van der Waals surface area (Å²) in [6.45, 7) is 1.92. The first kappa shape index (κ1) is 16.8. The molecule has 0 radical (unpaired) electrons. The van der Waals surface area contributed by atoms with Crippen molar-refractivity contribution < 1.29 is 9.18 Å². The zero-order chi connectivity index (χ0) is 19.3.